The molecule has 6 heteroatoms. The summed E-state index contributed by atoms with van der Waals surface area (Å²) in [6.45, 7) is 6.24. The summed E-state index contributed by atoms with van der Waals surface area (Å²) < 4.78 is 10.5. The van der Waals surface area contributed by atoms with Gasteiger partial charge in [-0.25, -0.2) is 0 Å². The Morgan fingerprint density at radius 1 is 1.07 bits per heavy atom. The van der Waals surface area contributed by atoms with Crippen LogP contribution in [0.2, 0.25) is 0 Å². The number of rotatable bonds is 7. The van der Waals surface area contributed by atoms with Crippen molar-refractivity contribution in [2.45, 2.75) is 26.2 Å². The first-order valence-electron chi connectivity index (χ1n) is 8.62. The molecule has 1 amide bonds. The molecule has 0 saturated carbocycles. The van der Waals surface area contributed by atoms with E-state index < -0.39 is 0 Å². The lowest BCUT2D eigenvalue weighted by atomic mass is 9.87. The number of methoxy groups -OCH3 is 2. The molecule has 0 saturated heterocycles. The van der Waals surface area contributed by atoms with E-state index in [-0.39, 0.29) is 17.9 Å². The smallest absolute Gasteiger partial charge is 0.265 e. The topological polar surface area (TPSA) is 69.2 Å². The van der Waals surface area contributed by atoms with E-state index in [1.807, 2.05) is 36.4 Å². The molecule has 0 aliphatic rings. The molecule has 0 bridgehead atoms. The van der Waals surface area contributed by atoms with Crippen LogP contribution < -0.4 is 14.8 Å². The van der Waals surface area contributed by atoms with Gasteiger partial charge >= 0.3 is 0 Å². The van der Waals surface area contributed by atoms with E-state index in [2.05, 4.69) is 31.2 Å². The Kier molecular flexibility index (Phi) is 6.82. The van der Waals surface area contributed by atoms with Crippen LogP contribution in [0.4, 0.5) is 5.69 Å². The normalized spacial score (nSPS) is 11.3. The molecule has 0 atom stereocenters. The second kappa shape index (κ2) is 9.07. The summed E-state index contributed by atoms with van der Waals surface area (Å²) in [6.07, 6.45) is 1.48. The number of nitrogens with one attached hydrogen (secondary N) is 1. The quantitative estimate of drug-likeness (QED) is 0.591. The minimum atomic E-state index is -0.284. The zero-order valence-electron chi connectivity index (χ0n) is 16.4. The van der Waals surface area contributed by atoms with E-state index in [0.29, 0.717) is 17.1 Å². The van der Waals surface area contributed by atoms with Crippen molar-refractivity contribution in [1.29, 1.82) is 0 Å². The maximum absolute atomic E-state index is 12.0. The molecule has 0 unspecified atom stereocenters. The summed E-state index contributed by atoms with van der Waals surface area (Å²) in [5, 5.41) is 6.61. The Morgan fingerprint density at radius 2 is 1.78 bits per heavy atom. The molecule has 27 heavy (non-hydrogen) atoms. The highest BCUT2D eigenvalue weighted by molar-refractivity contribution is 5.91. The van der Waals surface area contributed by atoms with Crippen molar-refractivity contribution >= 4 is 17.8 Å². The summed E-state index contributed by atoms with van der Waals surface area (Å²) in [5.74, 6) is 0.863. The first-order chi connectivity index (χ1) is 12.8. The maximum Gasteiger partial charge on any atom is 0.265 e. The maximum atomic E-state index is 12.0. The van der Waals surface area contributed by atoms with Gasteiger partial charge in [0.2, 0.25) is 0 Å². The van der Waals surface area contributed by atoms with E-state index in [9.17, 15) is 4.79 Å². The van der Waals surface area contributed by atoms with E-state index in [0.717, 1.165) is 5.69 Å². The lowest BCUT2D eigenvalue weighted by Gasteiger charge is -2.19. The third kappa shape index (κ3) is 5.74. The molecule has 0 spiro atoms. The third-order valence-corrected chi connectivity index (χ3v) is 3.93. The van der Waals surface area contributed by atoms with Crippen LogP contribution in [0, 0.1) is 0 Å². The molecule has 2 aromatic rings. The summed E-state index contributed by atoms with van der Waals surface area (Å²) in [4.78, 5) is 17.1. The first kappa shape index (κ1) is 20.3. The summed E-state index contributed by atoms with van der Waals surface area (Å²) in [7, 11) is 3.11. The minimum absolute atomic E-state index is 0.0710. The highest BCUT2D eigenvalue weighted by atomic mass is 16.6. The predicted molar refractivity (Wildman–Crippen MR) is 107 cm³/mol. The molecule has 1 N–H and O–H groups in total. The van der Waals surface area contributed by atoms with Crippen LogP contribution in [0.3, 0.4) is 0 Å². The summed E-state index contributed by atoms with van der Waals surface area (Å²) in [6, 6.07) is 13.2. The number of carbonyl (C=O) groups excluding carboxylic acids is 1. The average molecular weight is 370 g/mol. The van der Waals surface area contributed by atoms with Crippen LogP contribution in [0.1, 0.15) is 31.9 Å². The second-order valence-electron chi connectivity index (χ2n) is 6.97. The van der Waals surface area contributed by atoms with Crippen LogP contribution in [-0.2, 0) is 15.0 Å². The second-order valence-corrected chi connectivity index (χ2v) is 6.97. The fourth-order valence-electron chi connectivity index (χ4n) is 2.45. The number of carbonyl (C=O) groups is 1. The van der Waals surface area contributed by atoms with Gasteiger partial charge in [0.1, 0.15) is 0 Å². The average Bonchev–Trinajstić information content (AvgIpc) is 2.64. The van der Waals surface area contributed by atoms with Crippen molar-refractivity contribution in [2.24, 2.45) is 5.16 Å². The molecule has 2 rings (SSSR count). The fourth-order valence-corrected chi connectivity index (χ4v) is 2.45. The molecule has 0 aromatic heterocycles. The molecule has 6 nitrogen and oxygen atoms in total. The van der Waals surface area contributed by atoms with Gasteiger partial charge in [-0.3, -0.25) is 4.79 Å². The van der Waals surface area contributed by atoms with E-state index >= 15 is 0 Å². The van der Waals surface area contributed by atoms with E-state index in [1.54, 1.807) is 20.3 Å². The molecule has 0 radical (unpaired) electrons. The van der Waals surface area contributed by atoms with Crippen molar-refractivity contribution in [3.63, 3.8) is 0 Å². The van der Waals surface area contributed by atoms with Crippen molar-refractivity contribution in [3.05, 3.63) is 53.6 Å². The van der Waals surface area contributed by atoms with Crippen LogP contribution in [0.25, 0.3) is 0 Å². The molecule has 0 aliphatic heterocycles. The van der Waals surface area contributed by atoms with E-state index in [1.165, 1.54) is 11.8 Å². The number of anilines is 1. The molecule has 0 aliphatic carbocycles. The van der Waals surface area contributed by atoms with E-state index in [4.69, 9.17) is 14.3 Å². The van der Waals surface area contributed by atoms with Crippen LogP contribution >= 0.6 is 0 Å². The highest BCUT2D eigenvalue weighted by Crippen LogP contribution is 2.29. The number of ether oxygens (including phenoxy) is 2. The third-order valence-electron chi connectivity index (χ3n) is 3.93. The van der Waals surface area contributed by atoms with Gasteiger partial charge in [0.25, 0.3) is 5.91 Å². The number of para-hydroxylation sites is 1. The number of amides is 1. The number of oxime groups is 1. The van der Waals surface area contributed by atoms with Gasteiger partial charge in [-0.2, -0.15) is 0 Å². The minimum Gasteiger partial charge on any atom is -0.493 e. The number of hydrogen-bond donors (Lipinski definition) is 1. The Balaban J connectivity index is 1.88. The molecular formula is C21H26N2O4. The van der Waals surface area contributed by atoms with Crippen molar-refractivity contribution < 1.29 is 19.1 Å². The molecule has 2 aromatic carbocycles. The summed E-state index contributed by atoms with van der Waals surface area (Å²) >= 11 is 0. The molecular weight excluding hydrogens is 344 g/mol. The van der Waals surface area contributed by atoms with Crippen LogP contribution in [0.5, 0.6) is 11.5 Å². The highest BCUT2D eigenvalue weighted by Gasteiger charge is 2.13. The zero-order valence-corrected chi connectivity index (χ0v) is 16.4. The van der Waals surface area contributed by atoms with Gasteiger partial charge in [-0.15, -0.1) is 0 Å². The van der Waals surface area contributed by atoms with Crippen molar-refractivity contribution in [1.82, 2.24) is 0 Å². The molecule has 0 heterocycles. The van der Waals surface area contributed by atoms with Crippen LogP contribution in [-0.4, -0.2) is 32.9 Å². The van der Waals surface area contributed by atoms with Crippen LogP contribution in [0.15, 0.2) is 47.6 Å². The lowest BCUT2D eigenvalue weighted by Crippen LogP contribution is -2.17. The largest absolute Gasteiger partial charge is 0.493 e. The van der Waals surface area contributed by atoms with Gasteiger partial charge < -0.3 is 19.6 Å². The first-order valence-corrected chi connectivity index (χ1v) is 8.62. The SMILES string of the molecule is COc1cccc(/C=N\OCC(=O)Nc2ccc(C(C)(C)C)cc2)c1OC. The van der Waals surface area contributed by atoms with Gasteiger partial charge in [-0.1, -0.05) is 44.1 Å². The molecule has 144 valence electrons. The number of benzene rings is 2. The monoisotopic (exact) mass is 370 g/mol. The fraction of sp³-hybridized carbons (Fsp3) is 0.333. The van der Waals surface area contributed by atoms with Gasteiger partial charge in [-0.05, 0) is 35.2 Å². The number of hydrogen-bond acceptors (Lipinski definition) is 5. The Labute approximate surface area is 160 Å². The predicted octanol–water partition coefficient (Wildman–Crippen LogP) is 3.99. The van der Waals surface area contributed by atoms with Gasteiger partial charge in [0.15, 0.2) is 18.1 Å². The Morgan fingerprint density at radius 3 is 2.37 bits per heavy atom. The Hall–Kier alpha value is -3.02. The standard InChI is InChI=1S/C21H26N2O4/c1-21(2,3)16-9-11-17(12-10-16)23-19(24)14-27-22-13-15-7-6-8-18(25-4)20(15)26-5/h6-13H,14H2,1-5H3,(H,23,24)/b22-13-. The summed E-state index contributed by atoms with van der Waals surface area (Å²) in [5.41, 5.74) is 2.68. The number of nitrogens with zero attached hydrogens (tertiary/aromatic N) is 1. The van der Waals surface area contributed by atoms with Gasteiger partial charge in [0, 0.05) is 11.3 Å². The zero-order chi connectivity index (χ0) is 19.9. The van der Waals surface area contributed by atoms with Crippen molar-refractivity contribution in [2.75, 3.05) is 26.1 Å². The van der Waals surface area contributed by atoms with Crippen molar-refractivity contribution in [3.8, 4) is 11.5 Å². The Bertz CT molecular complexity index is 793. The van der Waals surface area contributed by atoms with Gasteiger partial charge in [0.05, 0.1) is 20.4 Å². The lowest BCUT2D eigenvalue weighted by molar-refractivity contribution is -0.120. The molecule has 0 fully saturated rings.